The van der Waals surface area contributed by atoms with Crippen molar-refractivity contribution in [2.75, 3.05) is 5.32 Å². The van der Waals surface area contributed by atoms with E-state index in [0.717, 1.165) is 10.0 Å². The van der Waals surface area contributed by atoms with E-state index in [1.165, 1.54) is 11.3 Å². The Morgan fingerprint density at radius 2 is 2.15 bits per heavy atom. The molecule has 3 N–H and O–H groups in total. The zero-order chi connectivity index (χ0) is 14.8. The Bertz CT molecular complexity index is 674. The van der Waals surface area contributed by atoms with Gasteiger partial charge in [-0.3, -0.25) is 5.32 Å². The van der Waals surface area contributed by atoms with E-state index in [9.17, 15) is 4.79 Å². The highest BCUT2D eigenvalue weighted by Gasteiger charge is 2.29. The number of primary amides is 1. The van der Waals surface area contributed by atoms with Crippen molar-refractivity contribution < 1.29 is 4.79 Å². The number of thiazole rings is 1. The Kier molecular flexibility index (Phi) is 4.12. The minimum absolute atomic E-state index is 0.436. The molecule has 4 nitrogen and oxygen atoms in total. The Hall–Kier alpha value is -1.84. The third-order valence-corrected chi connectivity index (χ3v) is 4.24. The topological polar surface area (TPSA) is 68.0 Å². The van der Waals surface area contributed by atoms with Gasteiger partial charge in [-0.2, -0.15) is 0 Å². The number of urea groups is 1. The van der Waals surface area contributed by atoms with Crippen molar-refractivity contribution in [1.82, 2.24) is 4.98 Å². The lowest BCUT2D eigenvalue weighted by atomic mass is 9.81. The number of rotatable bonds is 3. The number of nitrogens with zero attached hydrogens (tertiary/aromatic N) is 1. The molecule has 6 heteroatoms. The first-order valence-electron chi connectivity index (χ1n) is 5.72. The van der Waals surface area contributed by atoms with Crippen LogP contribution in [-0.2, 0) is 5.41 Å². The van der Waals surface area contributed by atoms with Crippen LogP contribution in [0.1, 0.15) is 18.2 Å². The summed E-state index contributed by atoms with van der Waals surface area (Å²) >= 11 is 4.69. The van der Waals surface area contributed by atoms with Gasteiger partial charge >= 0.3 is 6.03 Å². The lowest BCUT2D eigenvalue weighted by Gasteiger charge is -2.22. The van der Waals surface area contributed by atoms with E-state index in [4.69, 9.17) is 12.2 Å². The van der Waals surface area contributed by atoms with Gasteiger partial charge in [0.2, 0.25) is 0 Å². The molecule has 0 fully saturated rings. The second kappa shape index (κ2) is 5.65. The van der Waals surface area contributed by atoms with Gasteiger partial charge in [-0.15, -0.1) is 17.8 Å². The molecule has 0 radical (unpaired) electrons. The number of carbonyl (C=O) groups is 1. The number of amides is 2. The van der Waals surface area contributed by atoms with Crippen LogP contribution in [0.25, 0.3) is 0 Å². The zero-order valence-electron chi connectivity index (χ0n) is 10.7. The summed E-state index contributed by atoms with van der Waals surface area (Å²) in [5.41, 5.74) is 6.08. The van der Waals surface area contributed by atoms with Gasteiger partial charge in [0.15, 0.2) is 5.13 Å². The fraction of sp³-hybridized carbons (Fsp3) is 0.143. The van der Waals surface area contributed by atoms with Crippen LogP contribution < -0.4 is 11.1 Å². The SMILES string of the molecule is C#C[C@](C)(c1ccc(Br)cc1)c1csc(NC(N)=O)n1. The fourth-order valence-corrected chi connectivity index (χ4v) is 2.84. The first-order valence-corrected chi connectivity index (χ1v) is 7.39. The Morgan fingerprint density at radius 1 is 1.50 bits per heavy atom. The lowest BCUT2D eigenvalue weighted by Crippen LogP contribution is -2.23. The van der Waals surface area contributed by atoms with Gasteiger partial charge in [0, 0.05) is 9.85 Å². The molecule has 2 amide bonds. The van der Waals surface area contributed by atoms with Gasteiger partial charge in [-0.25, -0.2) is 9.78 Å². The second-order valence-electron chi connectivity index (χ2n) is 4.30. The van der Waals surface area contributed by atoms with E-state index in [-0.39, 0.29) is 0 Å². The van der Waals surface area contributed by atoms with E-state index in [1.807, 2.05) is 36.6 Å². The third-order valence-electron chi connectivity index (χ3n) is 2.96. The number of aromatic nitrogens is 1. The van der Waals surface area contributed by atoms with Crippen molar-refractivity contribution in [2.45, 2.75) is 12.3 Å². The van der Waals surface area contributed by atoms with Crippen molar-refractivity contribution >= 4 is 38.4 Å². The third kappa shape index (κ3) is 2.84. The number of hydrogen-bond donors (Lipinski definition) is 2. The minimum atomic E-state index is -0.658. The van der Waals surface area contributed by atoms with Crippen molar-refractivity contribution in [3.63, 3.8) is 0 Å². The summed E-state index contributed by atoms with van der Waals surface area (Å²) in [6.07, 6.45) is 5.71. The first kappa shape index (κ1) is 14.6. The number of carbonyl (C=O) groups excluding carboxylic acids is 1. The molecular formula is C14H12BrN3OS. The highest BCUT2D eigenvalue weighted by Crippen LogP contribution is 2.33. The Morgan fingerprint density at radius 3 is 2.70 bits per heavy atom. The molecular weight excluding hydrogens is 338 g/mol. The van der Waals surface area contributed by atoms with E-state index in [1.54, 1.807) is 0 Å². The number of hydrogen-bond acceptors (Lipinski definition) is 3. The molecule has 0 aliphatic heterocycles. The lowest BCUT2D eigenvalue weighted by molar-refractivity contribution is 0.259. The quantitative estimate of drug-likeness (QED) is 0.834. The molecule has 1 heterocycles. The zero-order valence-corrected chi connectivity index (χ0v) is 13.1. The van der Waals surface area contributed by atoms with Crippen LogP contribution >= 0.6 is 27.3 Å². The summed E-state index contributed by atoms with van der Waals surface area (Å²) in [6.45, 7) is 1.92. The largest absolute Gasteiger partial charge is 0.351 e. The number of anilines is 1. The molecule has 1 aromatic heterocycles. The Labute approximate surface area is 129 Å². The molecule has 0 saturated carbocycles. The molecule has 102 valence electrons. The molecule has 1 aromatic carbocycles. The summed E-state index contributed by atoms with van der Waals surface area (Å²) < 4.78 is 0.981. The average molecular weight is 350 g/mol. The van der Waals surface area contributed by atoms with Gasteiger partial charge in [0.1, 0.15) is 0 Å². The molecule has 0 aliphatic carbocycles. The number of halogens is 1. The summed E-state index contributed by atoms with van der Waals surface area (Å²) in [7, 11) is 0. The average Bonchev–Trinajstić information content (AvgIpc) is 2.87. The summed E-state index contributed by atoms with van der Waals surface area (Å²) in [5.74, 6) is 2.78. The maximum absolute atomic E-state index is 10.8. The standard InChI is InChI=1S/C14H12BrN3OS/c1-3-14(2,9-4-6-10(15)7-5-9)11-8-20-13(17-11)18-12(16)19/h1,4-8H,2H3,(H3,16,17,18,19)/t14-/m1/s1. The van der Waals surface area contributed by atoms with Crippen LogP contribution in [0.2, 0.25) is 0 Å². The Balaban J connectivity index is 2.40. The fourth-order valence-electron chi connectivity index (χ4n) is 1.75. The molecule has 1 atom stereocenters. The monoisotopic (exact) mass is 349 g/mol. The van der Waals surface area contributed by atoms with Crippen LogP contribution in [0.5, 0.6) is 0 Å². The smallest absolute Gasteiger partial charge is 0.318 e. The van der Waals surface area contributed by atoms with Gasteiger partial charge in [-0.05, 0) is 24.6 Å². The summed E-state index contributed by atoms with van der Waals surface area (Å²) in [5, 5.41) is 4.71. The highest BCUT2D eigenvalue weighted by atomic mass is 79.9. The molecule has 0 unspecified atom stereocenters. The predicted molar refractivity (Wildman–Crippen MR) is 84.7 cm³/mol. The normalized spacial score (nSPS) is 13.2. The summed E-state index contributed by atoms with van der Waals surface area (Å²) in [6, 6.07) is 7.12. The van der Waals surface area contributed by atoms with Crippen LogP contribution in [-0.4, -0.2) is 11.0 Å². The van der Waals surface area contributed by atoms with Crippen molar-refractivity contribution in [1.29, 1.82) is 0 Å². The minimum Gasteiger partial charge on any atom is -0.351 e. The van der Waals surface area contributed by atoms with Crippen LogP contribution in [0.15, 0.2) is 34.1 Å². The number of terminal acetylenes is 1. The number of nitrogens with one attached hydrogen (secondary N) is 1. The first-order chi connectivity index (χ1) is 9.45. The van der Waals surface area contributed by atoms with Crippen molar-refractivity contribution in [3.8, 4) is 12.3 Å². The van der Waals surface area contributed by atoms with Crippen molar-refractivity contribution in [3.05, 3.63) is 45.4 Å². The molecule has 0 spiro atoms. The van der Waals surface area contributed by atoms with Gasteiger partial charge in [-0.1, -0.05) is 34.0 Å². The molecule has 20 heavy (non-hydrogen) atoms. The maximum atomic E-state index is 10.8. The van der Waals surface area contributed by atoms with E-state index in [0.29, 0.717) is 10.8 Å². The molecule has 0 bridgehead atoms. The van der Waals surface area contributed by atoms with E-state index >= 15 is 0 Å². The molecule has 0 aliphatic rings. The second-order valence-corrected chi connectivity index (χ2v) is 6.08. The van der Waals surface area contributed by atoms with Crippen molar-refractivity contribution in [2.24, 2.45) is 5.73 Å². The molecule has 2 rings (SSSR count). The predicted octanol–water partition coefficient (Wildman–Crippen LogP) is 3.34. The van der Waals surface area contributed by atoms with E-state index in [2.05, 4.69) is 32.2 Å². The molecule has 2 aromatic rings. The van der Waals surface area contributed by atoms with Gasteiger partial charge < -0.3 is 5.73 Å². The van der Waals surface area contributed by atoms with Crippen LogP contribution in [0, 0.1) is 12.3 Å². The maximum Gasteiger partial charge on any atom is 0.318 e. The van der Waals surface area contributed by atoms with Crippen LogP contribution in [0.4, 0.5) is 9.93 Å². The van der Waals surface area contributed by atoms with Gasteiger partial charge in [0.05, 0.1) is 11.1 Å². The van der Waals surface area contributed by atoms with Crippen LogP contribution in [0.3, 0.4) is 0 Å². The van der Waals surface area contributed by atoms with E-state index < -0.39 is 11.4 Å². The highest BCUT2D eigenvalue weighted by molar-refractivity contribution is 9.10. The number of nitrogens with two attached hydrogens (primary N) is 1. The number of benzene rings is 1. The molecule has 0 saturated heterocycles. The summed E-state index contributed by atoms with van der Waals surface area (Å²) in [4.78, 5) is 15.2. The van der Waals surface area contributed by atoms with Gasteiger partial charge in [0.25, 0.3) is 0 Å².